The molecule has 0 aromatic heterocycles. The Morgan fingerprint density at radius 2 is 1.33 bits per heavy atom. The van der Waals surface area contributed by atoms with Gasteiger partial charge in [-0.15, -0.1) is 0 Å². The molecule has 0 aromatic rings. The number of rotatable bonds is 0. The second-order valence-electron chi connectivity index (χ2n) is 2.44. The van der Waals surface area contributed by atoms with Crippen LogP contribution in [0.3, 0.4) is 0 Å². The number of hydrogen-bond donors (Lipinski definition) is 3. The number of hydrogen-bond acceptors (Lipinski definition) is 1. The van der Waals surface area contributed by atoms with E-state index in [1.165, 1.54) is 32.1 Å². The minimum atomic E-state index is -4.64. The van der Waals surface area contributed by atoms with Gasteiger partial charge < -0.3 is 21.1 Å². The molecular formula is C6H14NaO4P. The van der Waals surface area contributed by atoms with Crippen LogP contribution in [0.2, 0.25) is 0 Å². The topological polar surface area (TPSA) is 77.8 Å². The predicted molar refractivity (Wildman–Crippen MR) is 41.6 cm³/mol. The van der Waals surface area contributed by atoms with Crippen LogP contribution in [0.25, 0.3) is 0 Å². The third kappa shape index (κ3) is 22.5. The third-order valence-corrected chi connectivity index (χ3v) is 1.32. The normalized spacial score (nSPS) is 16.9. The van der Waals surface area contributed by atoms with Gasteiger partial charge in [-0.05, 0) is 0 Å². The van der Waals surface area contributed by atoms with Gasteiger partial charge in [0.2, 0.25) is 0 Å². The maximum Gasteiger partial charge on any atom is 1.00 e. The molecule has 0 unspecified atom stereocenters. The minimum absolute atomic E-state index is 0. The van der Waals surface area contributed by atoms with E-state index in [9.17, 15) is 0 Å². The first-order chi connectivity index (χ1) is 5.00. The van der Waals surface area contributed by atoms with Gasteiger partial charge in [0.25, 0.3) is 0 Å². The Bertz CT molecular complexity index is 112. The van der Waals surface area contributed by atoms with Crippen molar-refractivity contribution in [3.63, 3.8) is 0 Å². The van der Waals surface area contributed by atoms with E-state index in [2.05, 4.69) is 6.42 Å². The molecule has 1 aliphatic carbocycles. The quantitative estimate of drug-likeness (QED) is 0.248. The van der Waals surface area contributed by atoms with Gasteiger partial charge >= 0.3 is 37.4 Å². The minimum Gasteiger partial charge on any atom is -0.328 e. The van der Waals surface area contributed by atoms with E-state index in [1.807, 2.05) is 0 Å². The van der Waals surface area contributed by atoms with Crippen LogP contribution in [-0.2, 0) is 4.57 Å². The summed E-state index contributed by atoms with van der Waals surface area (Å²) >= 11 is 0. The standard InChI is InChI=1S/C6H11.Na.H3O4P/c1-2-4-6-5-3-1;;1-5(2,3)4/h1H,2-6H2;;(H3,1,2,3,4)/q-1;+1;. The molecule has 1 aliphatic rings. The average Bonchev–Trinajstić information content (AvgIpc) is 1.88. The summed E-state index contributed by atoms with van der Waals surface area (Å²) in [7, 11) is -4.64. The summed E-state index contributed by atoms with van der Waals surface area (Å²) in [5.41, 5.74) is 0. The fourth-order valence-corrected chi connectivity index (χ4v) is 0.898. The summed E-state index contributed by atoms with van der Waals surface area (Å²) in [5.74, 6) is 0. The summed E-state index contributed by atoms with van der Waals surface area (Å²) in [4.78, 5) is 21.6. The van der Waals surface area contributed by atoms with Crippen molar-refractivity contribution in [2.45, 2.75) is 32.1 Å². The monoisotopic (exact) mass is 204 g/mol. The SMILES string of the molecule is O=P(O)(O)O.[CH-]1CCCCC1.[Na+]. The van der Waals surface area contributed by atoms with Gasteiger partial charge in [-0.2, -0.15) is 12.8 Å². The molecule has 0 atom stereocenters. The van der Waals surface area contributed by atoms with Gasteiger partial charge in [-0.25, -0.2) is 4.57 Å². The van der Waals surface area contributed by atoms with Crippen LogP contribution in [0.4, 0.5) is 0 Å². The molecule has 1 fully saturated rings. The Labute approximate surface area is 94.9 Å². The van der Waals surface area contributed by atoms with Crippen LogP contribution in [0.5, 0.6) is 0 Å². The molecule has 12 heavy (non-hydrogen) atoms. The van der Waals surface area contributed by atoms with Crippen molar-refractivity contribution >= 4 is 7.82 Å². The molecular weight excluding hydrogens is 190 g/mol. The largest absolute Gasteiger partial charge is 1.00 e. The molecule has 68 valence electrons. The summed E-state index contributed by atoms with van der Waals surface area (Å²) in [5, 5.41) is 0. The Morgan fingerprint density at radius 3 is 1.42 bits per heavy atom. The van der Waals surface area contributed by atoms with E-state index in [4.69, 9.17) is 19.2 Å². The summed E-state index contributed by atoms with van der Waals surface area (Å²) in [6, 6.07) is 0. The van der Waals surface area contributed by atoms with Gasteiger partial charge in [0.15, 0.2) is 0 Å². The molecule has 0 saturated heterocycles. The van der Waals surface area contributed by atoms with Crippen molar-refractivity contribution in [1.82, 2.24) is 0 Å². The average molecular weight is 204 g/mol. The fraction of sp³-hybridized carbons (Fsp3) is 0.833. The molecule has 1 rings (SSSR count). The molecule has 0 bridgehead atoms. The smallest absolute Gasteiger partial charge is 0.328 e. The van der Waals surface area contributed by atoms with Crippen molar-refractivity contribution in [1.29, 1.82) is 0 Å². The molecule has 1 saturated carbocycles. The second-order valence-corrected chi connectivity index (χ2v) is 3.47. The van der Waals surface area contributed by atoms with Crippen molar-refractivity contribution in [3.05, 3.63) is 6.42 Å². The first kappa shape index (κ1) is 15.6. The van der Waals surface area contributed by atoms with Crippen LogP contribution in [-0.4, -0.2) is 14.7 Å². The molecule has 4 nitrogen and oxygen atoms in total. The fourth-order valence-electron chi connectivity index (χ4n) is 0.898. The maximum atomic E-state index is 8.88. The maximum absolute atomic E-state index is 8.88. The Kier molecular flexibility index (Phi) is 11.3. The van der Waals surface area contributed by atoms with Crippen LogP contribution in [0.15, 0.2) is 0 Å². The van der Waals surface area contributed by atoms with Crippen molar-refractivity contribution in [2.24, 2.45) is 0 Å². The number of phosphoric acid groups is 1. The van der Waals surface area contributed by atoms with E-state index >= 15 is 0 Å². The van der Waals surface area contributed by atoms with Crippen molar-refractivity contribution < 1.29 is 48.8 Å². The zero-order valence-corrected chi connectivity index (χ0v) is 10.2. The van der Waals surface area contributed by atoms with E-state index in [0.717, 1.165) is 0 Å². The molecule has 0 amide bonds. The molecule has 6 heteroatoms. The summed E-state index contributed by atoms with van der Waals surface area (Å²) < 4.78 is 8.88. The molecule has 0 aromatic carbocycles. The van der Waals surface area contributed by atoms with Gasteiger partial charge in [-0.1, -0.05) is 19.3 Å². The van der Waals surface area contributed by atoms with Crippen LogP contribution in [0.1, 0.15) is 32.1 Å². The molecule has 0 heterocycles. The second kappa shape index (κ2) is 8.70. The van der Waals surface area contributed by atoms with Crippen LogP contribution >= 0.6 is 7.82 Å². The van der Waals surface area contributed by atoms with Gasteiger partial charge in [-0.3, -0.25) is 0 Å². The summed E-state index contributed by atoms with van der Waals surface area (Å²) in [6.45, 7) is 0. The van der Waals surface area contributed by atoms with E-state index in [-0.39, 0.29) is 29.6 Å². The van der Waals surface area contributed by atoms with E-state index in [1.54, 1.807) is 0 Å². The van der Waals surface area contributed by atoms with Gasteiger partial charge in [0, 0.05) is 0 Å². The van der Waals surface area contributed by atoms with E-state index in [0.29, 0.717) is 0 Å². The first-order valence-electron chi connectivity index (χ1n) is 3.60. The third-order valence-electron chi connectivity index (χ3n) is 1.32. The molecule has 0 spiro atoms. The first-order valence-corrected chi connectivity index (χ1v) is 5.16. The molecule has 3 N–H and O–H groups in total. The summed E-state index contributed by atoms with van der Waals surface area (Å²) in [6.07, 6.45) is 9.50. The van der Waals surface area contributed by atoms with Crippen molar-refractivity contribution in [3.8, 4) is 0 Å². The Morgan fingerprint density at radius 1 is 1.00 bits per heavy atom. The van der Waals surface area contributed by atoms with Crippen LogP contribution < -0.4 is 29.6 Å². The van der Waals surface area contributed by atoms with Crippen molar-refractivity contribution in [2.75, 3.05) is 0 Å². The van der Waals surface area contributed by atoms with Gasteiger partial charge in [0.05, 0.1) is 0 Å². The Balaban J connectivity index is 0. The van der Waals surface area contributed by atoms with Gasteiger partial charge in [0.1, 0.15) is 0 Å². The Hall–Kier alpha value is 1.11. The predicted octanol–water partition coefficient (Wildman–Crippen LogP) is -1.77. The molecule has 0 radical (unpaired) electrons. The van der Waals surface area contributed by atoms with Crippen LogP contribution in [0, 0.1) is 6.42 Å². The van der Waals surface area contributed by atoms with E-state index < -0.39 is 7.82 Å². The molecule has 0 aliphatic heterocycles. The zero-order valence-electron chi connectivity index (χ0n) is 7.31. The zero-order chi connectivity index (χ0) is 8.74.